The van der Waals surface area contributed by atoms with E-state index in [0.29, 0.717) is 78.7 Å². The molecule has 5 nitrogen and oxygen atoms in total. The summed E-state index contributed by atoms with van der Waals surface area (Å²) in [5, 5.41) is -2.07. The first-order valence-electron chi connectivity index (χ1n) is 44.0. The molecule has 470 valence electrons. The van der Waals surface area contributed by atoms with Crippen molar-refractivity contribution in [1.82, 2.24) is 14.1 Å². The van der Waals surface area contributed by atoms with Gasteiger partial charge in [0.1, 0.15) is 17.3 Å². The van der Waals surface area contributed by atoms with Crippen LogP contribution in [0.25, 0.3) is 117 Å². The highest BCUT2D eigenvalue weighted by atomic mass is 28.3. The minimum Gasteiger partial charge on any atom is -0.458 e. The van der Waals surface area contributed by atoms with Crippen molar-refractivity contribution in [3.63, 3.8) is 0 Å². The Morgan fingerprint density at radius 3 is 1.67 bits per heavy atom. The third kappa shape index (κ3) is 10.2. The molecular weight excluding hydrogens is 1210 g/mol. The van der Waals surface area contributed by atoms with Gasteiger partial charge in [0.15, 0.2) is 8.07 Å². The maximum atomic E-state index is 11.2. The number of pyridine rings is 1. The first-order valence-corrected chi connectivity index (χ1v) is 34.0. The van der Waals surface area contributed by atoms with Crippen molar-refractivity contribution < 1.29 is 42.2 Å². The number of hydrogen-bond acceptors (Lipinski definition) is 2. The number of fused-ring (bicyclic) bond motifs is 10. The molecule has 1 aliphatic rings. The van der Waals surface area contributed by atoms with E-state index in [-0.39, 0.29) is 33.0 Å². The lowest BCUT2D eigenvalue weighted by Crippen LogP contribution is -2.74. The standard InChI is InChI=1S/C92H72N4OSi/c1-91(2,3)66-49-47-63(48-50-66)76-43-26-45-82-88-75(62-27-11-7-12-28-62)42-25-44-81(88)77-39-19-20-40-78(77)83-56-65(64-29-23-38-74(55-64)98(71-32-13-8-14-33-71,72-34-15-9-16-35-72)73-36-17-10-18-37-73)57-86-90(83)95(89(76)82)61-94(86)68-30-24-31-69(59-68)97-70-51-52-80-79-41-21-22-46-84(79)96(85(80)60-70)87-58-67(53-54-93-87)92(4,5)6/h7-60H,1-6H3/i7D,8D,9D,10D,11D,12D,13D,14D,15D,16D,17D,18D,23D,27D,28D,29D,32D,33D,34D,35D,36D,37D,38D,55D. The molecule has 0 spiro atoms. The zero-order valence-corrected chi connectivity index (χ0v) is 55.0. The van der Waals surface area contributed by atoms with E-state index in [2.05, 4.69) is 64.6 Å². The predicted molar refractivity (Wildman–Crippen MR) is 409 cm³/mol. The Morgan fingerprint density at radius 2 is 0.980 bits per heavy atom. The van der Waals surface area contributed by atoms with Gasteiger partial charge in [-0.2, -0.15) is 0 Å². The Kier molecular flexibility index (Phi) is 9.59. The number of benzene rings is 13. The zero-order valence-electron chi connectivity index (χ0n) is 78.0. The molecule has 0 unspecified atom stereocenters. The molecule has 4 heterocycles. The van der Waals surface area contributed by atoms with Gasteiger partial charge in [0.2, 0.25) is 0 Å². The second-order valence-corrected chi connectivity index (χ2v) is 29.7. The van der Waals surface area contributed by atoms with Gasteiger partial charge in [0.25, 0.3) is 6.33 Å². The van der Waals surface area contributed by atoms with Crippen LogP contribution in [-0.2, 0) is 10.8 Å². The Hall–Kier alpha value is -11.7. The molecule has 1 aliphatic heterocycles. The van der Waals surface area contributed by atoms with Gasteiger partial charge in [-0.05, 0) is 164 Å². The van der Waals surface area contributed by atoms with E-state index in [9.17, 15) is 24.7 Å². The number of hydrogen-bond donors (Lipinski definition) is 0. The zero-order chi connectivity index (χ0) is 87.2. The first kappa shape index (κ1) is 39.4. The fourth-order valence-electron chi connectivity index (χ4n) is 13.7. The lowest BCUT2D eigenvalue weighted by atomic mass is 9.83. The van der Waals surface area contributed by atoms with E-state index in [0.717, 1.165) is 32.9 Å². The summed E-state index contributed by atoms with van der Waals surface area (Å²) >= 11 is 0. The molecule has 6 heteroatoms. The number of imidazole rings is 1. The van der Waals surface area contributed by atoms with Crippen LogP contribution in [0.4, 0.5) is 0 Å². The van der Waals surface area contributed by atoms with Crippen LogP contribution in [0, 0.1) is 6.33 Å². The fraction of sp³-hybridized carbons (Fsp3) is 0.0870. The molecule has 16 aromatic rings. The minimum atomic E-state index is -6.38. The van der Waals surface area contributed by atoms with Crippen LogP contribution in [0.5, 0.6) is 11.5 Å². The topological polar surface area (TPSA) is 35.9 Å². The molecule has 98 heavy (non-hydrogen) atoms. The summed E-state index contributed by atoms with van der Waals surface area (Å²) in [4.78, 5) is 4.91. The monoisotopic (exact) mass is 1300 g/mol. The van der Waals surface area contributed by atoms with E-state index in [1.54, 1.807) is 71.4 Å². The summed E-state index contributed by atoms with van der Waals surface area (Å²) in [6.45, 7) is 12.7. The van der Waals surface area contributed by atoms with E-state index in [4.69, 9.17) is 17.9 Å². The number of ether oxygens (including phenoxy) is 1. The fourth-order valence-corrected chi connectivity index (χ4v) is 17.3. The summed E-state index contributed by atoms with van der Waals surface area (Å²) < 4.78 is 243. The Bertz CT molecular complexity index is 6990. The van der Waals surface area contributed by atoms with Gasteiger partial charge in [0, 0.05) is 23.0 Å². The van der Waals surface area contributed by atoms with Crippen LogP contribution < -0.4 is 30.1 Å². The molecule has 0 saturated carbocycles. The molecule has 0 bridgehead atoms. The highest BCUT2D eigenvalue weighted by molar-refractivity contribution is 7.20. The van der Waals surface area contributed by atoms with Gasteiger partial charge in [-0.25, -0.2) is 4.98 Å². The van der Waals surface area contributed by atoms with Crippen molar-refractivity contribution in [3.05, 3.63) is 345 Å². The highest BCUT2D eigenvalue weighted by Crippen LogP contribution is 2.50. The molecule has 17 rings (SSSR count). The van der Waals surface area contributed by atoms with Crippen LogP contribution in [-0.4, -0.2) is 22.2 Å². The number of aromatic nitrogens is 4. The van der Waals surface area contributed by atoms with Crippen molar-refractivity contribution in [2.45, 2.75) is 52.4 Å². The SMILES string of the molecule is [2H]c1c([2H])c([2H])c(-c2cccc3c2-c2cccc(-c4ccc(C(C)(C)C)cc4)c2-[n+]2[c-]n(-c4cccc(Oc5ccc6c7ccccc7n(-c7cc(C(C)(C)C)ccn7)c6c5)c4)c4cc(-c5c([2H])c([2H])c([2H])c([Si](c6c([2H])c([2H])c([2H])c([2H])c6[2H])(c6c([2H])c([2H])c([2H])c([2H])c6[2H])c6c([2H])c([2H])c([2H])c([2H])c6[2H])c5[2H])cc(c42)-c2ccccc2-3)c([2H])c1[2H]. The molecule has 0 atom stereocenters. The maximum absolute atomic E-state index is 11.2. The van der Waals surface area contributed by atoms with Gasteiger partial charge >= 0.3 is 0 Å². The quantitative estimate of drug-likeness (QED) is 0.0560. The average Bonchev–Trinajstić information content (AvgIpc) is 0.794. The smallest absolute Gasteiger partial charge is 0.269 e. The Balaban J connectivity index is 1.04. The molecular formula is C92H72N4OSi. The van der Waals surface area contributed by atoms with E-state index < -0.39 is 179 Å². The lowest BCUT2D eigenvalue weighted by Gasteiger charge is -2.34. The summed E-state index contributed by atoms with van der Waals surface area (Å²) in [5.74, 6) is 1.42. The maximum Gasteiger partial charge on any atom is 0.269 e. The van der Waals surface area contributed by atoms with Crippen LogP contribution in [0.3, 0.4) is 0 Å². The van der Waals surface area contributed by atoms with Crippen LogP contribution in [0.1, 0.15) is 85.6 Å². The van der Waals surface area contributed by atoms with Crippen molar-refractivity contribution >= 4 is 61.7 Å². The largest absolute Gasteiger partial charge is 0.458 e. The van der Waals surface area contributed by atoms with E-state index >= 15 is 0 Å². The molecule has 0 saturated heterocycles. The summed E-state index contributed by atoms with van der Waals surface area (Å²) in [6.07, 6.45) is 5.57. The van der Waals surface area contributed by atoms with Crippen LogP contribution in [0.15, 0.2) is 327 Å². The second-order valence-electron chi connectivity index (χ2n) is 26.2. The van der Waals surface area contributed by atoms with Crippen LogP contribution in [0.2, 0.25) is 0 Å². The Labute approximate surface area is 608 Å². The van der Waals surface area contributed by atoms with Crippen molar-refractivity contribution in [2.75, 3.05) is 0 Å². The number of nitrogens with zero attached hydrogens (tertiary/aromatic N) is 4. The third-order valence-corrected chi connectivity index (χ3v) is 22.4. The van der Waals surface area contributed by atoms with Gasteiger partial charge in [-0.1, -0.05) is 302 Å². The van der Waals surface area contributed by atoms with Crippen molar-refractivity contribution in [2.24, 2.45) is 0 Å². The molecule has 13 aromatic carbocycles. The van der Waals surface area contributed by atoms with E-state index in [1.165, 1.54) is 0 Å². The number of rotatable bonds is 11. The second kappa shape index (κ2) is 23.9. The molecule has 0 amide bonds. The van der Waals surface area contributed by atoms with Gasteiger partial charge in [0.05, 0.1) is 66.3 Å². The predicted octanol–water partition coefficient (Wildman–Crippen LogP) is 20.3. The Morgan fingerprint density at radius 1 is 0.408 bits per heavy atom. The van der Waals surface area contributed by atoms with E-state index in [1.807, 2.05) is 108 Å². The minimum absolute atomic E-state index is 0.114. The summed E-state index contributed by atoms with van der Waals surface area (Å²) in [5.41, 5.74) is 7.89. The highest BCUT2D eigenvalue weighted by Gasteiger charge is 2.42. The van der Waals surface area contributed by atoms with Crippen molar-refractivity contribution in [3.8, 4) is 95.5 Å². The molecule has 0 radical (unpaired) electrons. The molecule has 0 aliphatic carbocycles. The normalized spacial score (nSPS) is 15.6. The van der Waals surface area contributed by atoms with Gasteiger partial charge in [-0.15, -0.1) is 0 Å². The average molecular weight is 1300 g/mol. The number of para-hydroxylation sites is 2. The first-order chi connectivity index (χ1) is 57.8. The summed E-state index contributed by atoms with van der Waals surface area (Å²) in [6, 6.07) is 31.0. The van der Waals surface area contributed by atoms with Crippen LogP contribution >= 0.6 is 0 Å². The molecule has 0 N–H and O–H groups in total. The van der Waals surface area contributed by atoms with Gasteiger partial charge < -0.3 is 4.74 Å². The third-order valence-electron chi connectivity index (χ3n) is 18.4. The summed E-state index contributed by atoms with van der Waals surface area (Å²) in [7, 11) is -6.38. The molecule has 0 fully saturated rings. The molecule has 3 aromatic heterocycles. The van der Waals surface area contributed by atoms with Crippen molar-refractivity contribution in [1.29, 1.82) is 0 Å². The van der Waals surface area contributed by atoms with Gasteiger partial charge in [-0.3, -0.25) is 13.7 Å². The lowest BCUT2D eigenvalue weighted by molar-refractivity contribution is -0.570.